The first kappa shape index (κ1) is 36.4. The van der Waals surface area contributed by atoms with E-state index in [4.69, 9.17) is 33.2 Å². The summed E-state index contributed by atoms with van der Waals surface area (Å²) >= 11 is 0. The molecule has 0 bridgehead atoms. The molecule has 0 unspecified atom stereocenters. The number of pyridine rings is 1. The maximum absolute atomic E-state index is 13.0. The van der Waals surface area contributed by atoms with E-state index in [-0.39, 0.29) is 22.2 Å². The van der Waals surface area contributed by atoms with E-state index >= 15 is 0 Å². The lowest BCUT2D eigenvalue weighted by molar-refractivity contribution is -0.288. The van der Waals surface area contributed by atoms with E-state index in [1.54, 1.807) is 24.3 Å². The smallest absolute Gasteiger partial charge is 0.303 e. The van der Waals surface area contributed by atoms with Crippen molar-refractivity contribution >= 4 is 51.1 Å². The summed E-state index contributed by atoms with van der Waals surface area (Å²) in [6, 6.07) is 15.2. The largest absolute Gasteiger partial charge is 0.497 e. The van der Waals surface area contributed by atoms with Gasteiger partial charge in [-0.3, -0.25) is 23.9 Å². The van der Waals surface area contributed by atoms with Crippen LogP contribution in [0, 0.1) is 0 Å². The summed E-state index contributed by atoms with van der Waals surface area (Å²) in [5.74, 6) is -2.05. The molecular formula is C32H35N3O13S. The van der Waals surface area contributed by atoms with Crippen LogP contribution in [-0.4, -0.2) is 81.7 Å². The molecule has 262 valence electrons. The Bertz CT molecular complexity index is 1750. The fourth-order valence-electron chi connectivity index (χ4n) is 4.72. The van der Waals surface area contributed by atoms with Crippen molar-refractivity contribution in [3.05, 3.63) is 66.9 Å². The first-order valence-electron chi connectivity index (χ1n) is 14.7. The summed E-state index contributed by atoms with van der Waals surface area (Å²) in [5.41, 5.74) is 0.661. The minimum Gasteiger partial charge on any atom is -0.497 e. The molecule has 0 saturated carbocycles. The van der Waals surface area contributed by atoms with Crippen molar-refractivity contribution in [2.75, 3.05) is 23.8 Å². The lowest BCUT2D eigenvalue weighted by Crippen LogP contribution is -2.63. The summed E-state index contributed by atoms with van der Waals surface area (Å²) < 4.78 is 67.0. The molecule has 1 aliphatic rings. The van der Waals surface area contributed by atoms with E-state index in [9.17, 15) is 27.6 Å². The van der Waals surface area contributed by atoms with Gasteiger partial charge in [-0.1, -0.05) is 0 Å². The van der Waals surface area contributed by atoms with Crippen molar-refractivity contribution in [3.8, 4) is 11.5 Å². The van der Waals surface area contributed by atoms with Gasteiger partial charge in [0, 0.05) is 39.6 Å². The van der Waals surface area contributed by atoms with E-state index in [1.165, 1.54) is 56.6 Å². The van der Waals surface area contributed by atoms with E-state index in [0.29, 0.717) is 11.4 Å². The lowest BCUT2D eigenvalue weighted by atomic mass is 9.98. The van der Waals surface area contributed by atoms with Crippen LogP contribution >= 0.6 is 0 Å². The third kappa shape index (κ3) is 10.0. The SMILES string of the molecule is COc1ccc(S(=O)(=O)Nc2cccnc2Nc2ccc(O[C@@H]3O[C@H](COC(C)=O)[C@@H](OC(C)=O)[C@H](OC(C)=O)[C@H]3OC(C)=O)cc2)cc1. The highest BCUT2D eigenvalue weighted by Crippen LogP contribution is 2.32. The summed E-state index contributed by atoms with van der Waals surface area (Å²) in [4.78, 5) is 52.0. The monoisotopic (exact) mass is 701 g/mol. The number of nitrogens with zero attached hydrogens (tertiary/aromatic N) is 1. The second-order valence-electron chi connectivity index (χ2n) is 10.5. The van der Waals surface area contributed by atoms with Crippen molar-refractivity contribution < 1.29 is 60.8 Å². The van der Waals surface area contributed by atoms with Crippen molar-refractivity contribution in [1.82, 2.24) is 4.98 Å². The molecule has 0 amide bonds. The van der Waals surface area contributed by atoms with Crippen LogP contribution in [0.2, 0.25) is 0 Å². The Labute approximate surface area is 282 Å². The number of methoxy groups -OCH3 is 1. The molecule has 0 spiro atoms. The number of carbonyl (C=O) groups is 4. The average Bonchev–Trinajstić information content (AvgIpc) is 3.04. The maximum Gasteiger partial charge on any atom is 0.303 e. The molecule has 5 atom stereocenters. The van der Waals surface area contributed by atoms with Gasteiger partial charge in [-0.25, -0.2) is 13.4 Å². The highest BCUT2D eigenvalue weighted by molar-refractivity contribution is 7.92. The molecular weight excluding hydrogens is 666 g/mol. The van der Waals surface area contributed by atoms with Crippen molar-refractivity contribution in [3.63, 3.8) is 0 Å². The van der Waals surface area contributed by atoms with Gasteiger partial charge in [-0.05, 0) is 60.7 Å². The fourth-order valence-corrected chi connectivity index (χ4v) is 5.78. The van der Waals surface area contributed by atoms with Crippen LogP contribution in [-0.2, 0) is 52.9 Å². The standard InChI is InChI=1S/C32H35N3O13S/c1-18(36)43-17-27-28(44-19(2)37)29(45-20(3)38)30(46-21(4)39)32(48-27)47-24-10-8-22(9-11-24)34-31-26(7-6-16-33-31)35-49(40,41)25-14-12-23(42-5)13-15-25/h6-16,27-30,32,35H,17H2,1-5H3,(H,33,34)/t27-,28-,29+,30-,32-/m1/s1. The second-order valence-corrected chi connectivity index (χ2v) is 12.2. The third-order valence-electron chi connectivity index (χ3n) is 6.74. The van der Waals surface area contributed by atoms with Crippen molar-refractivity contribution in [1.29, 1.82) is 0 Å². The molecule has 0 aliphatic carbocycles. The van der Waals surface area contributed by atoms with Gasteiger partial charge in [0.1, 0.15) is 24.2 Å². The summed E-state index contributed by atoms with van der Waals surface area (Å²) in [6.45, 7) is 4.12. The zero-order chi connectivity index (χ0) is 35.7. The molecule has 16 nitrogen and oxygen atoms in total. The van der Waals surface area contributed by atoms with Crippen LogP contribution in [0.3, 0.4) is 0 Å². The number of hydrogen-bond acceptors (Lipinski definition) is 15. The van der Waals surface area contributed by atoms with Crippen LogP contribution in [0.25, 0.3) is 0 Å². The Balaban J connectivity index is 1.55. The number of rotatable bonds is 13. The van der Waals surface area contributed by atoms with Crippen LogP contribution in [0.4, 0.5) is 17.2 Å². The minimum absolute atomic E-state index is 0.0202. The predicted molar refractivity (Wildman–Crippen MR) is 170 cm³/mol. The van der Waals surface area contributed by atoms with Gasteiger partial charge in [0.05, 0.1) is 17.7 Å². The van der Waals surface area contributed by atoms with E-state index < -0.39 is 71.2 Å². The highest BCUT2D eigenvalue weighted by Gasteiger charge is 2.53. The van der Waals surface area contributed by atoms with E-state index in [0.717, 1.165) is 20.8 Å². The first-order chi connectivity index (χ1) is 23.2. The van der Waals surface area contributed by atoms with Gasteiger partial charge >= 0.3 is 23.9 Å². The number of esters is 4. The molecule has 4 rings (SSSR count). The Hall–Kier alpha value is -5.42. The number of hydrogen-bond donors (Lipinski definition) is 2. The number of anilines is 3. The molecule has 1 aromatic heterocycles. The predicted octanol–water partition coefficient (Wildman–Crippen LogP) is 3.10. The quantitative estimate of drug-likeness (QED) is 0.194. The number of aromatic nitrogens is 1. The number of sulfonamides is 1. The zero-order valence-electron chi connectivity index (χ0n) is 27.1. The maximum atomic E-state index is 13.0. The molecule has 3 aromatic rings. The van der Waals surface area contributed by atoms with Crippen LogP contribution in [0.1, 0.15) is 27.7 Å². The summed E-state index contributed by atoms with van der Waals surface area (Å²) in [6.07, 6.45) is -5.25. The topological polar surface area (TPSA) is 204 Å². The molecule has 0 radical (unpaired) electrons. The zero-order valence-corrected chi connectivity index (χ0v) is 27.9. The number of nitrogens with one attached hydrogen (secondary N) is 2. The number of carbonyl (C=O) groups excluding carboxylic acids is 4. The van der Waals surface area contributed by atoms with Gasteiger partial charge in [-0.15, -0.1) is 0 Å². The van der Waals surface area contributed by atoms with Crippen molar-refractivity contribution in [2.45, 2.75) is 63.3 Å². The van der Waals surface area contributed by atoms with Gasteiger partial charge in [0.2, 0.25) is 12.4 Å². The van der Waals surface area contributed by atoms with E-state index in [1.807, 2.05) is 0 Å². The second kappa shape index (κ2) is 16.1. The van der Waals surface area contributed by atoms with E-state index in [2.05, 4.69) is 15.0 Å². The molecule has 1 aliphatic heterocycles. The van der Waals surface area contributed by atoms with Gasteiger partial charge in [0.25, 0.3) is 10.0 Å². The fraction of sp³-hybridized carbons (Fsp3) is 0.344. The molecule has 17 heteroatoms. The number of ether oxygens (including phenoxy) is 7. The van der Waals surface area contributed by atoms with Crippen molar-refractivity contribution in [2.24, 2.45) is 0 Å². The highest BCUT2D eigenvalue weighted by atomic mass is 32.2. The Morgan fingerprint density at radius 2 is 1.37 bits per heavy atom. The normalized spacial score (nSPS) is 20.2. The average molecular weight is 702 g/mol. The summed E-state index contributed by atoms with van der Waals surface area (Å²) in [7, 11) is -2.49. The van der Waals surface area contributed by atoms with Crippen LogP contribution in [0.5, 0.6) is 11.5 Å². The first-order valence-corrected chi connectivity index (χ1v) is 16.2. The Kier molecular flexibility index (Phi) is 12.0. The molecule has 1 saturated heterocycles. The third-order valence-corrected chi connectivity index (χ3v) is 8.12. The van der Waals surface area contributed by atoms with Gasteiger partial charge < -0.3 is 38.5 Å². The molecule has 2 heterocycles. The summed E-state index contributed by atoms with van der Waals surface area (Å²) in [5, 5.41) is 3.05. The molecule has 1 fully saturated rings. The number of benzene rings is 2. The molecule has 49 heavy (non-hydrogen) atoms. The minimum atomic E-state index is -3.97. The Morgan fingerprint density at radius 3 is 1.96 bits per heavy atom. The van der Waals surface area contributed by atoms with Gasteiger partial charge in [-0.2, -0.15) is 0 Å². The van der Waals surface area contributed by atoms with Gasteiger partial charge in [0.15, 0.2) is 18.0 Å². The van der Waals surface area contributed by atoms with Crippen LogP contribution < -0.4 is 19.5 Å². The Morgan fingerprint density at radius 1 is 0.776 bits per heavy atom. The lowest BCUT2D eigenvalue weighted by Gasteiger charge is -2.43. The van der Waals surface area contributed by atoms with Crippen LogP contribution in [0.15, 0.2) is 71.8 Å². The molecule has 2 aromatic carbocycles. The molecule has 2 N–H and O–H groups in total.